The van der Waals surface area contributed by atoms with Gasteiger partial charge >= 0.3 is 0 Å². The van der Waals surface area contributed by atoms with Crippen molar-refractivity contribution < 1.29 is 8.42 Å². The highest BCUT2D eigenvalue weighted by molar-refractivity contribution is 9.10. The number of hydrogen-bond donors (Lipinski definition) is 2. The summed E-state index contributed by atoms with van der Waals surface area (Å²) in [6.07, 6.45) is 1.23. The van der Waals surface area contributed by atoms with Crippen molar-refractivity contribution in [3.05, 3.63) is 27.7 Å². The topological polar surface area (TPSA) is 72.2 Å². The Labute approximate surface area is 140 Å². The minimum absolute atomic E-state index is 0. The van der Waals surface area contributed by atoms with E-state index in [9.17, 15) is 8.42 Å². The Kier molecular flexibility index (Phi) is 8.02. The van der Waals surface area contributed by atoms with Gasteiger partial charge in [0, 0.05) is 16.6 Å². The SMILES string of the molecule is CCC(CC)(CN)NS(=O)(=O)c1cc(Br)ccc1Cl.Cl. The number of sulfonamides is 1. The average Bonchev–Trinajstić information content (AvgIpc) is 2.39. The van der Waals surface area contributed by atoms with Gasteiger partial charge in [0.15, 0.2) is 0 Å². The molecule has 0 atom stereocenters. The molecule has 4 nitrogen and oxygen atoms in total. The van der Waals surface area contributed by atoms with Crippen LogP contribution in [0.15, 0.2) is 27.6 Å². The molecule has 0 radical (unpaired) electrons. The molecular formula is C12H19BrCl2N2O2S. The molecular weight excluding hydrogens is 387 g/mol. The maximum absolute atomic E-state index is 12.4. The lowest BCUT2D eigenvalue weighted by Crippen LogP contribution is -2.52. The molecule has 1 aromatic carbocycles. The first-order chi connectivity index (χ1) is 8.80. The first-order valence-corrected chi connectivity index (χ1v) is 8.64. The van der Waals surface area contributed by atoms with Crippen molar-refractivity contribution in [3.8, 4) is 0 Å². The summed E-state index contributed by atoms with van der Waals surface area (Å²) in [6, 6.07) is 4.72. The second-order valence-electron chi connectivity index (χ2n) is 4.37. The van der Waals surface area contributed by atoms with Gasteiger partial charge in [-0.2, -0.15) is 0 Å². The Morgan fingerprint density at radius 3 is 2.35 bits per heavy atom. The van der Waals surface area contributed by atoms with Crippen molar-refractivity contribution >= 4 is 50.0 Å². The Morgan fingerprint density at radius 2 is 1.90 bits per heavy atom. The summed E-state index contributed by atoms with van der Waals surface area (Å²) in [7, 11) is -3.70. The fourth-order valence-electron chi connectivity index (χ4n) is 1.75. The summed E-state index contributed by atoms with van der Waals surface area (Å²) in [5.74, 6) is 0. The highest BCUT2D eigenvalue weighted by atomic mass is 79.9. The van der Waals surface area contributed by atoms with E-state index in [1.807, 2.05) is 13.8 Å². The van der Waals surface area contributed by atoms with E-state index in [1.165, 1.54) is 6.07 Å². The van der Waals surface area contributed by atoms with Gasteiger partial charge < -0.3 is 5.73 Å². The average molecular weight is 406 g/mol. The Bertz CT molecular complexity index is 540. The smallest absolute Gasteiger partial charge is 0.242 e. The predicted octanol–water partition coefficient (Wildman–Crippen LogP) is 3.32. The Morgan fingerprint density at radius 1 is 1.35 bits per heavy atom. The number of halogens is 3. The first-order valence-electron chi connectivity index (χ1n) is 5.99. The fourth-order valence-corrected chi connectivity index (χ4v) is 4.34. The van der Waals surface area contributed by atoms with Crippen LogP contribution < -0.4 is 10.5 Å². The first kappa shape index (κ1) is 20.1. The molecule has 0 spiro atoms. The van der Waals surface area contributed by atoms with Crippen LogP contribution in [-0.4, -0.2) is 20.5 Å². The van der Waals surface area contributed by atoms with E-state index in [0.717, 1.165) is 0 Å². The van der Waals surface area contributed by atoms with Gasteiger partial charge in [-0.25, -0.2) is 13.1 Å². The van der Waals surface area contributed by atoms with Crippen molar-refractivity contribution in [2.45, 2.75) is 37.1 Å². The molecule has 1 rings (SSSR count). The quantitative estimate of drug-likeness (QED) is 0.762. The minimum Gasteiger partial charge on any atom is -0.329 e. The fraction of sp³-hybridized carbons (Fsp3) is 0.500. The lowest BCUT2D eigenvalue weighted by atomic mass is 9.95. The Balaban J connectivity index is 0.00000361. The molecule has 3 N–H and O–H groups in total. The van der Waals surface area contributed by atoms with Gasteiger partial charge in [0.2, 0.25) is 10.0 Å². The van der Waals surface area contributed by atoms with E-state index < -0.39 is 15.6 Å². The molecule has 1 aromatic rings. The van der Waals surface area contributed by atoms with E-state index in [4.69, 9.17) is 17.3 Å². The van der Waals surface area contributed by atoms with Crippen LogP contribution >= 0.6 is 39.9 Å². The van der Waals surface area contributed by atoms with Gasteiger partial charge in [-0.05, 0) is 31.0 Å². The molecule has 0 aliphatic rings. The summed E-state index contributed by atoms with van der Waals surface area (Å²) in [6.45, 7) is 4.05. The van der Waals surface area contributed by atoms with Crippen molar-refractivity contribution in [1.29, 1.82) is 0 Å². The number of nitrogens with two attached hydrogens (primary N) is 1. The zero-order chi connectivity index (χ0) is 14.7. The largest absolute Gasteiger partial charge is 0.329 e. The normalized spacial score (nSPS) is 12.1. The van der Waals surface area contributed by atoms with Crippen molar-refractivity contribution in [2.75, 3.05) is 6.54 Å². The summed E-state index contributed by atoms with van der Waals surface area (Å²) < 4.78 is 28.2. The van der Waals surface area contributed by atoms with Crippen LogP contribution in [0.1, 0.15) is 26.7 Å². The maximum atomic E-state index is 12.4. The number of rotatable bonds is 6. The van der Waals surface area contributed by atoms with E-state index >= 15 is 0 Å². The summed E-state index contributed by atoms with van der Waals surface area (Å²) in [4.78, 5) is 0.0586. The van der Waals surface area contributed by atoms with Crippen LogP contribution in [-0.2, 0) is 10.0 Å². The van der Waals surface area contributed by atoms with Crippen molar-refractivity contribution in [3.63, 3.8) is 0 Å². The van der Waals surface area contributed by atoms with Crippen molar-refractivity contribution in [2.24, 2.45) is 5.73 Å². The Hall–Kier alpha value is 0.150. The van der Waals surface area contributed by atoms with Crippen LogP contribution in [0.5, 0.6) is 0 Å². The van der Waals surface area contributed by atoms with Gasteiger partial charge in [0.1, 0.15) is 4.90 Å². The monoisotopic (exact) mass is 404 g/mol. The second kappa shape index (κ2) is 7.96. The van der Waals surface area contributed by atoms with Gasteiger partial charge in [-0.3, -0.25) is 0 Å². The standard InChI is InChI=1S/C12H18BrClN2O2S.ClH/c1-3-12(4-2,8-15)16-19(17,18)11-7-9(13)5-6-10(11)14;/h5-7,16H,3-4,8,15H2,1-2H3;1H. The highest BCUT2D eigenvalue weighted by Crippen LogP contribution is 2.27. The molecule has 0 amide bonds. The van der Waals surface area contributed by atoms with Crippen LogP contribution in [0.4, 0.5) is 0 Å². The van der Waals surface area contributed by atoms with E-state index in [-0.39, 0.29) is 28.9 Å². The second-order valence-corrected chi connectivity index (χ2v) is 7.35. The summed E-state index contributed by atoms with van der Waals surface area (Å²) in [5, 5.41) is 0.189. The zero-order valence-electron chi connectivity index (χ0n) is 11.3. The highest BCUT2D eigenvalue weighted by Gasteiger charge is 2.31. The third kappa shape index (κ3) is 4.58. The van der Waals surface area contributed by atoms with E-state index in [1.54, 1.807) is 12.1 Å². The summed E-state index contributed by atoms with van der Waals surface area (Å²) in [5.41, 5.74) is 5.08. The molecule has 116 valence electrons. The molecule has 0 bridgehead atoms. The molecule has 0 aromatic heterocycles. The maximum Gasteiger partial charge on any atom is 0.242 e. The van der Waals surface area contributed by atoms with E-state index in [2.05, 4.69) is 20.7 Å². The van der Waals surface area contributed by atoms with Gasteiger partial charge in [-0.15, -0.1) is 12.4 Å². The predicted molar refractivity (Wildman–Crippen MR) is 89.1 cm³/mol. The lowest BCUT2D eigenvalue weighted by Gasteiger charge is -2.31. The van der Waals surface area contributed by atoms with Gasteiger partial charge in [0.05, 0.1) is 5.02 Å². The minimum atomic E-state index is -3.70. The third-order valence-corrected chi connectivity index (χ3v) is 5.83. The molecule has 20 heavy (non-hydrogen) atoms. The lowest BCUT2D eigenvalue weighted by molar-refractivity contribution is 0.363. The summed E-state index contributed by atoms with van der Waals surface area (Å²) >= 11 is 9.21. The molecule has 0 unspecified atom stereocenters. The van der Waals surface area contributed by atoms with Crippen LogP contribution in [0.3, 0.4) is 0 Å². The third-order valence-electron chi connectivity index (χ3n) is 3.28. The molecule has 8 heteroatoms. The molecule has 0 saturated heterocycles. The number of hydrogen-bond acceptors (Lipinski definition) is 3. The van der Waals surface area contributed by atoms with Crippen LogP contribution in [0.2, 0.25) is 5.02 Å². The van der Waals surface area contributed by atoms with Crippen LogP contribution in [0, 0.1) is 0 Å². The van der Waals surface area contributed by atoms with Gasteiger partial charge in [-0.1, -0.05) is 41.4 Å². The number of benzene rings is 1. The van der Waals surface area contributed by atoms with Crippen molar-refractivity contribution in [1.82, 2.24) is 4.72 Å². The van der Waals surface area contributed by atoms with Crippen LogP contribution in [0.25, 0.3) is 0 Å². The van der Waals surface area contributed by atoms with E-state index in [0.29, 0.717) is 17.3 Å². The molecule has 0 fully saturated rings. The molecule has 0 aliphatic carbocycles. The molecule has 0 heterocycles. The molecule has 0 aliphatic heterocycles. The van der Waals surface area contributed by atoms with Gasteiger partial charge in [0.25, 0.3) is 0 Å². The zero-order valence-corrected chi connectivity index (χ0v) is 15.3. The molecule has 0 saturated carbocycles. The number of nitrogens with one attached hydrogen (secondary N) is 1.